The maximum atomic E-state index is 12.3. The summed E-state index contributed by atoms with van der Waals surface area (Å²) in [5.41, 5.74) is 1.64. The number of rotatable bonds is 2. The summed E-state index contributed by atoms with van der Waals surface area (Å²) in [6.07, 6.45) is 6.62. The van der Waals surface area contributed by atoms with Crippen LogP contribution in [0.1, 0.15) is 11.3 Å². The van der Waals surface area contributed by atoms with E-state index in [-0.39, 0.29) is 21.8 Å². The predicted molar refractivity (Wildman–Crippen MR) is 96.6 cm³/mol. The molecule has 0 unspecified atom stereocenters. The number of hydrogen-bond donors (Lipinski definition) is 3. The zero-order valence-corrected chi connectivity index (χ0v) is 13.1. The van der Waals surface area contributed by atoms with Crippen molar-refractivity contribution in [2.75, 3.05) is 0 Å². The molecular weight excluding hydrogens is 316 g/mol. The zero-order valence-electron chi connectivity index (χ0n) is 13.1. The molecule has 0 aliphatic carbocycles. The Morgan fingerprint density at radius 2 is 1.56 bits per heavy atom. The summed E-state index contributed by atoms with van der Waals surface area (Å²) in [5, 5.41) is 1.35. The lowest BCUT2D eigenvalue weighted by Gasteiger charge is -1.93. The normalized spacial score (nSPS) is 12.8. The number of benzene rings is 1. The van der Waals surface area contributed by atoms with Crippen molar-refractivity contribution in [2.24, 2.45) is 0 Å². The Kier molecular flexibility index (Phi) is 3.63. The number of aromatic nitrogens is 4. The summed E-state index contributed by atoms with van der Waals surface area (Å²) in [4.78, 5) is 37.1. The van der Waals surface area contributed by atoms with E-state index in [4.69, 9.17) is 0 Å². The van der Waals surface area contributed by atoms with Gasteiger partial charge in [-0.2, -0.15) is 0 Å². The highest BCUT2D eigenvalue weighted by atomic mass is 16.1. The summed E-state index contributed by atoms with van der Waals surface area (Å²) < 4.78 is 0. The number of para-hydroxylation sites is 1. The molecule has 0 bridgehead atoms. The predicted octanol–water partition coefficient (Wildman–Crippen LogP) is 0.597. The Balaban J connectivity index is 1.88. The van der Waals surface area contributed by atoms with Crippen LogP contribution in [0.2, 0.25) is 0 Å². The molecule has 122 valence electrons. The molecule has 0 spiro atoms. The molecule has 0 fully saturated rings. The van der Waals surface area contributed by atoms with E-state index in [9.17, 15) is 9.59 Å². The van der Waals surface area contributed by atoms with Crippen molar-refractivity contribution in [3.63, 3.8) is 0 Å². The first-order chi connectivity index (χ1) is 12.2. The molecule has 0 aliphatic rings. The van der Waals surface area contributed by atoms with Crippen molar-refractivity contribution in [3.05, 3.63) is 97.5 Å². The van der Waals surface area contributed by atoms with E-state index < -0.39 is 0 Å². The minimum atomic E-state index is -0.378. The average Bonchev–Trinajstić information content (AvgIpc) is 3.03. The highest BCUT2D eigenvalue weighted by Crippen LogP contribution is 2.17. The van der Waals surface area contributed by atoms with Crippen molar-refractivity contribution in [2.45, 2.75) is 0 Å². The number of fused-ring (bicyclic) bond motifs is 1. The van der Waals surface area contributed by atoms with E-state index in [1.54, 1.807) is 30.6 Å². The Labute approximate surface area is 141 Å². The molecule has 0 atom stereocenters. The first kappa shape index (κ1) is 14.9. The molecule has 0 aliphatic heterocycles. The van der Waals surface area contributed by atoms with Gasteiger partial charge in [0.25, 0.3) is 11.1 Å². The fraction of sp³-hybridized carbons (Fsp3) is 0. The number of pyridine rings is 1. The van der Waals surface area contributed by atoms with E-state index in [1.807, 2.05) is 30.3 Å². The molecule has 0 saturated carbocycles. The summed E-state index contributed by atoms with van der Waals surface area (Å²) in [6.45, 7) is 0. The smallest absolute Gasteiger partial charge is 0.272 e. The van der Waals surface area contributed by atoms with E-state index in [0.29, 0.717) is 5.69 Å². The van der Waals surface area contributed by atoms with Crippen LogP contribution in [0, 0.1) is 0 Å². The molecule has 3 aromatic heterocycles. The molecule has 4 aromatic rings. The summed E-state index contributed by atoms with van der Waals surface area (Å²) in [7, 11) is 0. The average molecular weight is 330 g/mol. The van der Waals surface area contributed by atoms with Gasteiger partial charge in [-0.3, -0.25) is 14.6 Å². The van der Waals surface area contributed by atoms with Crippen molar-refractivity contribution in [1.82, 2.24) is 19.9 Å². The lowest BCUT2D eigenvalue weighted by Crippen LogP contribution is -2.46. The Morgan fingerprint density at radius 3 is 2.32 bits per heavy atom. The van der Waals surface area contributed by atoms with Crippen LogP contribution in [0.15, 0.2) is 64.4 Å². The lowest BCUT2D eigenvalue weighted by molar-refractivity contribution is 1.00. The number of nitrogens with zero attached hydrogens (tertiary/aromatic N) is 1. The van der Waals surface area contributed by atoms with Gasteiger partial charge in [-0.15, -0.1) is 0 Å². The van der Waals surface area contributed by atoms with Crippen LogP contribution in [0.3, 0.4) is 0 Å². The number of nitrogens with one attached hydrogen (secondary N) is 3. The standard InChI is InChI=1S/C19H14N4O2/c24-18-16(9-12-11-21-15-7-2-1-6-14(12)15)22-19(25)17(23-18)10-13-5-3-4-8-20-13/h1-11,21H,(H,22,25)(H,23,24)/b16-9-,17-10-. The molecule has 4 rings (SSSR count). The van der Waals surface area contributed by atoms with Crippen molar-refractivity contribution in [3.8, 4) is 0 Å². The monoisotopic (exact) mass is 330 g/mol. The quantitative estimate of drug-likeness (QED) is 0.502. The number of H-pyrrole nitrogens is 3. The Morgan fingerprint density at radius 1 is 0.840 bits per heavy atom. The lowest BCUT2D eigenvalue weighted by atomic mass is 10.1. The van der Waals surface area contributed by atoms with Crippen molar-refractivity contribution >= 4 is 23.1 Å². The molecule has 3 N–H and O–H groups in total. The first-order valence-electron chi connectivity index (χ1n) is 7.74. The van der Waals surface area contributed by atoms with E-state index in [2.05, 4.69) is 19.9 Å². The van der Waals surface area contributed by atoms with Crippen LogP contribution in [-0.2, 0) is 0 Å². The summed E-state index contributed by atoms with van der Waals surface area (Å²) in [5.74, 6) is 0. The second-order valence-electron chi connectivity index (χ2n) is 5.57. The molecule has 6 nitrogen and oxygen atoms in total. The van der Waals surface area contributed by atoms with Crippen molar-refractivity contribution < 1.29 is 0 Å². The SMILES string of the molecule is O=c1[nH]/c(=C\c2c[nH]c3ccccc23)c(=O)[nH]/c1=C\c1ccccn1. The summed E-state index contributed by atoms with van der Waals surface area (Å²) in [6, 6.07) is 13.1. The first-order valence-corrected chi connectivity index (χ1v) is 7.74. The van der Waals surface area contributed by atoms with Crippen molar-refractivity contribution in [1.29, 1.82) is 0 Å². The molecule has 0 amide bonds. The Bertz CT molecular complexity index is 1280. The minimum Gasteiger partial charge on any atom is -0.361 e. The van der Waals surface area contributed by atoms with Crippen LogP contribution >= 0.6 is 0 Å². The van der Waals surface area contributed by atoms with E-state index >= 15 is 0 Å². The van der Waals surface area contributed by atoms with Gasteiger partial charge in [0.15, 0.2) is 0 Å². The fourth-order valence-corrected chi connectivity index (χ4v) is 2.67. The van der Waals surface area contributed by atoms with Crippen LogP contribution < -0.4 is 21.8 Å². The van der Waals surface area contributed by atoms with Crippen LogP contribution in [-0.4, -0.2) is 19.9 Å². The van der Waals surface area contributed by atoms with Crippen LogP contribution in [0.4, 0.5) is 0 Å². The molecule has 0 saturated heterocycles. The molecule has 0 radical (unpaired) electrons. The van der Waals surface area contributed by atoms with Gasteiger partial charge in [0.05, 0.1) is 5.69 Å². The highest BCUT2D eigenvalue weighted by molar-refractivity contribution is 5.88. The second-order valence-corrected chi connectivity index (χ2v) is 5.57. The maximum Gasteiger partial charge on any atom is 0.272 e. The topological polar surface area (TPSA) is 94.4 Å². The molecule has 25 heavy (non-hydrogen) atoms. The van der Waals surface area contributed by atoms with Gasteiger partial charge in [0, 0.05) is 28.9 Å². The van der Waals surface area contributed by atoms with E-state index in [1.165, 1.54) is 6.08 Å². The molecular formula is C19H14N4O2. The molecule has 1 aromatic carbocycles. The van der Waals surface area contributed by atoms with Gasteiger partial charge >= 0.3 is 0 Å². The fourth-order valence-electron chi connectivity index (χ4n) is 2.67. The minimum absolute atomic E-state index is 0.166. The van der Waals surface area contributed by atoms with Gasteiger partial charge in [-0.25, -0.2) is 0 Å². The number of hydrogen-bond acceptors (Lipinski definition) is 3. The summed E-state index contributed by atoms with van der Waals surface area (Å²) >= 11 is 0. The maximum absolute atomic E-state index is 12.3. The van der Waals surface area contributed by atoms with Crippen LogP contribution in [0.25, 0.3) is 23.1 Å². The highest BCUT2D eigenvalue weighted by Gasteiger charge is 2.02. The van der Waals surface area contributed by atoms with Gasteiger partial charge in [0.1, 0.15) is 10.7 Å². The van der Waals surface area contributed by atoms with Gasteiger partial charge in [-0.1, -0.05) is 24.3 Å². The molecule has 6 heteroatoms. The Hall–Kier alpha value is -3.67. The third-order valence-corrected chi connectivity index (χ3v) is 3.89. The zero-order chi connectivity index (χ0) is 17.2. The largest absolute Gasteiger partial charge is 0.361 e. The van der Waals surface area contributed by atoms with Crippen LogP contribution in [0.5, 0.6) is 0 Å². The molecule has 3 heterocycles. The van der Waals surface area contributed by atoms with Gasteiger partial charge in [0.2, 0.25) is 0 Å². The van der Waals surface area contributed by atoms with E-state index in [0.717, 1.165) is 16.5 Å². The second kappa shape index (κ2) is 6.09. The third-order valence-electron chi connectivity index (χ3n) is 3.89. The van der Waals surface area contributed by atoms with Gasteiger partial charge in [-0.05, 0) is 30.4 Å². The van der Waals surface area contributed by atoms with Gasteiger partial charge < -0.3 is 15.0 Å². The number of aromatic amines is 3. The third kappa shape index (κ3) is 2.92.